The first kappa shape index (κ1) is 9.06. The van der Waals surface area contributed by atoms with E-state index in [1.54, 1.807) is 6.07 Å². The third-order valence-electron chi connectivity index (χ3n) is 2.62. The van der Waals surface area contributed by atoms with E-state index in [0.717, 1.165) is 30.6 Å². The third-order valence-corrected chi connectivity index (χ3v) is 2.62. The number of benzene rings is 1. The lowest BCUT2D eigenvalue weighted by atomic mass is 10.0. The molecule has 74 valence electrons. The molecule has 1 heterocycles. The van der Waals surface area contributed by atoms with Gasteiger partial charge in [0.1, 0.15) is 0 Å². The van der Waals surface area contributed by atoms with Crippen molar-refractivity contribution in [2.75, 3.05) is 18.8 Å². The zero-order valence-corrected chi connectivity index (χ0v) is 8.29. The largest absolute Gasteiger partial charge is 0.399 e. The smallest absolute Gasteiger partial charge is 0.254 e. The minimum absolute atomic E-state index is 0.133. The molecular weight excluding hydrogens is 176 g/mol. The summed E-state index contributed by atoms with van der Waals surface area (Å²) in [5.74, 6) is 0.133. The number of likely N-dealkylation sites (tertiary alicyclic amines) is 1. The molecule has 3 nitrogen and oxygen atoms in total. The first-order valence-electron chi connectivity index (χ1n) is 4.84. The predicted molar refractivity (Wildman–Crippen MR) is 56.1 cm³/mol. The highest BCUT2D eigenvalue weighted by molar-refractivity contribution is 5.96. The summed E-state index contributed by atoms with van der Waals surface area (Å²) in [6.07, 6.45) is 1.12. The Kier molecular flexibility index (Phi) is 2.15. The summed E-state index contributed by atoms with van der Waals surface area (Å²) in [5, 5.41) is 0. The third kappa shape index (κ3) is 1.45. The van der Waals surface area contributed by atoms with Crippen LogP contribution >= 0.6 is 0 Å². The summed E-state index contributed by atoms with van der Waals surface area (Å²) in [7, 11) is 0. The molecule has 0 aromatic heterocycles. The summed E-state index contributed by atoms with van der Waals surface area (Å²) in [4.78, 5) is 13.7. The molecule has 0 radical (unpaired) electrons. The van der Waals surface area contributed by atoms with Crippen LogP contribution in [0, 0.1) is 6.92 Å². The van der Waals surface area contributed by atoms with E-state index in [-0.39, 0.29) is 5.91 Å². The Morgan fingerprint density at radius 2 is 2.14 bits per heavy atom. The van der Waals surface area contributed by atoms with Gasteiger partial charge in [0.25, 0.3) is 5.91 Å². The van der Waals surface area contributed by atoms with Crippen LogP contribution in [0.2, 0.25) is 0 Å². The van der Waals surface area contributed by atoms with Crippen molar-refractivity contribution in [3.63, 3.8) is 0 Å². The van der Waals surface area contributed by atoms with Crippen molar-refractivity contribution in [2.24, 2.45) is 0 Å². The molecule has 1 saturated heterocycles. The van der Waals surface area contributed by atoms with Crippen LogP contribution in [0.25, 0.3) is 0 Å². The molecule has 2 rings (SSSR count). The quantitative estimate of drug-likeness (QED) is 0.681. The van der Waals surface area contributed by atoms with E-state index in [4.69, 9.17) is 5.73 Å². The highest BCUT2D eigenvalue weighted by Crippen LogP contribution is 2.17. The van der Waals surface area contributed by atoms with Crippen LogP contribution in [-0.2, 0) is 0 Å². The molecule has 14 heavy (non-hydrogen) atoms. The van der Waals surface area contributed by atoms with E-state index in [0.29, 0.717) is 5.69 Å². The Labute approximate surface area is 83.5 Å². The molecule has 0 aliphatic carbocycles. The van der Waals surface area contributed by atoms with Gasteiger partial charge in [-0.1, -0.05) is 0 Å². The van der Waals surface area contributed by atoms with E-state index < -0.39 is 0 Å². The fourth-order valence-corrected chi connectivity index (χ4v) is 1.62. The van der Waals surface area contributed by atoms with Gasteiger partial charge in [-0.2, -0.15) is 0 Å². The topological polar surface area (TPSA) is 46.3 Å². The van der Waals surface area contributed by atoms with Gasteiger partial charge < -0.3 is 10.6 Å². The van der Waals surface area contributed by atoms with Crippen LogP contribution in [0.4, 0.5) is 5.69 Å². The molecule has 1 aromatic carbocycles. The van der Waals surface area contributed by atoms with Crippen LogP contribution in [-0.4, -0.2) is 23.9 Å². The summed E-state index contributed by atoms with van der Waals surface area (Å²) >= 11 is 0. The van der Waals surface area contributed by atoms with Crippen LogP contribution in [0.15, 0.2) is 18.2 Å². The summed E-state index contributed by atoms with van der Waals surface area (Å²) in [6.45, 7) is 3.70. The summed E-state index contributed by atoms with van der Waals surface area (Å²) in [5.41, 5.74) is 8.07. The molecule has 2 N–H and O–H groups in total. The van der Waals surface area contributed by atoms with Gasteiger partial charge in [0, 0.05) is 24.3 Å². The fraction of sp³-hybridized carbons (Fsp3) is 0.364. The number of nitrogen functional groups attached to an aromatic ring is 1. The maximum absolute atomic E-state index is 11.8. The van der Waals surface area contributed by atoms with Crippen molar-refractivity contribution in [3.8, 4) is 0 Å². The first-order chi connectivity index (χ1) is 6.68. The molecule has 1 aromatic rings. The second-order valence-electron chi connectivity index (χ2n) is 3.72. The highest BCUT2D eigenvalue weighted by atomic mass is 16.2. The lowest BCUT2D eigenvalue weighted by molar-refractivity contribution is 0.0651. The van der Waals surface area contributed by atoms with E-state index in [2.05, 4.69) is 0 Å². The fourth-order valence-electron chi connectivity index (χ4n) is 1.62. The number of anilines is 1. The molecule has 0 bridgehead atoms. The molecule has 0 spiro atoms. The van der Waals surface area contributed by atoms with Gasteiger partial charge in [0.2, 0.25) is 0 Å². The van der Waals surface area contributed by atoms with Crippen LogP contribution in [0.3, 0.4) is 0 Å². The lowest BCUT2D eigenvalue weighted by Gasteiger charge is -2.31. The van der Waals surface area contributed by atoms with E-state index >= 15 is 0 Å². The van der Waals surface area contributed by atoms with Crippen molar-refractivity contribution in [2.45, 2.75) is 13.3 Å². The predicted octanol–water partition coefficient (Wildman–Crippen LogP) is 1.42. The Balaban J connectivity index is 2.26. The monoisotopic (exact) mass is 190 g/mol. The molecule has 0 saturated carbocycles. The average molecular weight is 190 g/mol. The number of hydrogen-bond donors (Lipinski definition) is 1. The average Bonchev–Trinajstić information content (AvgIpc) is 2.00. The maximum atomic E-state index is 11.8. The number of aryl methyl sites for hydroxylation is 1. The van der Waals surface area contributed by atoms with E-state index in [9.17, 15) is 4.79 Å². The normalized spacial score (nSPS) is 15.1. The molecule has 3 heteroatoms. The first-order valence-corrected chi connectivity index (χ1v) is 4.84. The Bertz CT molecular complexity index is 370. The van der Waals surface area contributed by atoms with Crippen LogP contribution in [0.5, 0.6) is 0 Å². The van der Waals surface area contributed by atoms with Gasteiger partial charge in [-0.15, -0.1) is 0 Å². The van der Waals surface area contributed by atoms with Crippen LogP contribution in [0.1, 0.15) is 22.3 Å². The zero-order valence-electron chi connectivity index (χ0n) is 8.29. The minimum atomic E-state index is 0.133. The van der Waals surface area contributed by atoms with Crippen molar-refractivity contribution >= 4 is 11.6 Å². The number of carbonyl (C=O) groups excluding carboxylic acids is 1. The second kappa shape index (κ2) is 3.33. The SMILES string of the molecule is Cc1cc(N)ccc1C(=O)N1CCC1. The molecular formula is C11H14N2O. The van der Waals surface area contributed by atoms with Gasteiger partial charge in [0.15, 0.2) is 0 Å². The van der Waals surface area contributed by atoms with Crippen LogP contribution < -0.4 is 5.73 Å². The number of hydrogen-bond acceptors (Lipinski definition) is 2. The molecule has 0 unspecified atom stereocenters. The summed E-state index contributed by atoms with van der Waals surface area (Å²) < 4.78 is 0. The number of nitrogens with two attached hydrogens (primary N) is 1. The molecule has 1 aliphatic rings. The minimum Gasteiger partial charge on any atom is -0.399 e. The van der Waals surface area contributed by atoms with Crippen molar-refractivity contribution in [1.82, 2.24) is 4.90 Å². The van der Waals surface area contributed by atoms with Gasteiger partial charge in [-0.3, -0.25) is 4.79 Å². The molecule has 1 amide bonds. The number of rotatable bonds is 1. The Hall–Kier alpha value is -1.51. The van der Waals surface area contributed by atoms with Gasteiger partial charge in [-0.25, -0.2) is 0 Å². The van der Waals surface area contributed by atoms with E-state index in [1.165, 1.54) is 0 Å². The summed E-state index contributed by atoms with van der Waals surface area (Å²) in [6, 6.07) is 5.43. The second-order valence-corrected chi connectivity index (χ2v) is 3.72. The van der Waals surface area contributed by atoms with Gasteiger partial charge >= 0.3 is 0 Å². The lowest BCUT2D eigenvalue weighted by Crippen LogP contribution is -2.42. The molecule has 0 atom stereocenters. The number of amides is 1. The van der Waals surface area contributed by atoms with Gasteiger partial charge in [0.05, 0.1) is 0 Å². The maximum Gasteiger partial charge on any atom is 0.254 e. The van der Waals surface area contributed by atoms with Crippen molar-refractivity contribution < 1.29 is 4.79 Å². The molecule has 1 aliphatic heterocycles. The molecule has 1 fully saturated rings. The van der Waals surface area contributed by atoms with Crippen molar-refractivity contribution in [3.05, 3.63) is 29.3 Å². The van der Waals surface area contributed by atoms with Crippen molar-refractivity contribution in [1.29, 1.82) is 0 Å². The zero-order chi connectivity index (χ0) is 10.1. The van der Waals surface area contributed by atoms with E-state index in [1.807, 2.05) is 24.0 Å². The highest BCUT2D eigenvalue weighted by Gasteiger charge is 2.22. The Morgan fingerprint density at radius 3 is 2.64 bits per heavy atom. The Morgan fingerprint density at radius 1 is 1.43 bits per heavy atom. The number of carbonyl (C=O) groups is 1. The van der Waals surface area contributed by atoms with Gasteiger partial charge in [-0.05, 0) is 37.1 Å². The standard InChI is InChI=1S/C11H14N2O/c1-8-7-9(12)3-4-10(8)11(14)13-5-2-6-13/h3-4,7H,2,5-6,12H2,1H3. The number of nitrogens with zero attached hydrogens (tertiary/aromatic N) is 1.